The van der Waals surface area contributed by atoms with Crippen LogP contribution in [-0.2, 0) is 4.74 Å². The predicted molar refractivity (Wildman–Crippen MR) is 114 cm³/mol. The van der Waals surface area contributed by atoms with Gasteiger partial charge >= 0.3 is 0 Å². The van der Waals surface area contributed by atoms with Crippen molar-refractivity contribution in [1.82, 2.24) is 19.6 Å². The second kappa shape index (κ2) is 7.69. The maximum absolute atomic E-state index is 5.44. The SMILES string of the molecule is Brc1ccc2nnc(Sc3ccc4ncc(NC5CCOCC5)cc4c3)n2c1. The summed E-state index contributed by atoms with van der Waals surface area (Å²) in [6.45, 7) is 1.64. The van der Waals surface area contributed by atoms with E-state index in [0.717, 1.165) is 62.8 Å². The van der Waals surface area contributed by atoms with E-state index in [9.17, 15) is 0 Å². The van der Waals surface area contributed by atoms with Crippen LogP contribution in [0.2, 0.25) is 0 Å². The third kappa shape index (κ3) is 3.72. The van der Waals surface area contributed by atoms with Gasteiger partial charge in [0.15, 0.2) is 10.8 Å². The summed E-state index contributed by atoms with van der Waals surface area (Å²) in [5, 5.41) is 14.1. The highest BCUT2D eigenvalue weighted by molar-refractivity contribution is 9.10. The number of halogens is 1. The minimum Gasteiger partial charge on any atom is -0.381 e. The molecule has 5 rings (SSSR count). The lowest BCUT2D eigenvalue weighted by Gasteiger charge is -2.24. The van der Waals surface area contributed by atoms with Crippen LogP contribution in [0, 0.1) is 0 Å². The lowest BCUT2D eigenvalue weighted by Crippen LogP contribution is -2.27. The summed E-state index contributed by atoms with van der Waals surface area (Å²) in [5.41, 5.74) is 2.87. The van der Waals surface area contributed by atoms with Crippen LogP contribution in [0.5, 0.6) is 0 Å². The average Bonchev–Trinajstić information content (AvgIpc) is 3.10. The van der Waals surface area contributed by atoms with Gasteiger partial charge in [0.25, 0.3) is 0 Å². The van der Waals surface area contributed by atoms with Crippen LogP contribution in [-0.4, -0.2) is 38.8 Å². The van der Waals surface area contributed by atoms with Crippen molar-refractivity contribution in [3.63, 3.8) is 0 Å². The van der Waals surface area contributed by atoms with Gasteiger partial charge in [-0.25, -0.2) is 0 Å². The molecule has 1 aliphatic rings. The molecule has 0 bridgehead atoms. The van der Waals surface area contributed by atoms with E-state index in [-0.39, 0.29) is 0 Å². The molecular formula is C20H18BrN5OS. The van der Waals surface area contributed by atoms with Gasteiger partial charge in [-0.15, -0.1) is 10.2 Å². The number of pyridine rings is 2. The van der Waals surface area contributed by atoms with Crippen molar-refractivity contribution in [3.05, 3.63) is 53.3 Å². The van der Waals surface area contributed by atoms with Gasteiger partial charge in [0, 0.05) is 40.2 Å². The summed E-state index contributed by atoms with van der Waals surface area (Å²) >= 11 is 5.10. The predicted octanol–water partition coefficient (Wildman–Crippen LogP) is 4.78. The van der Waals surface area contributed by atoms with Crippen molar-refractivity contribution < 1.29 is 4.74 Å². The Hall–Kier alpha value is -2.16. The number of benzene rings is 1. The highest BCUT2D eigenvalue weighted by Gasteiger charge is 2.14. The number of aromatic nitrogens is 4. The number of fused-ring (bicyclic) bond motifs is 2. The van der Waals surface area contributed by atoms with Gasteiger partial charge in [0.1, 0.15) is 0 Å². The van der Waals surface area contributed by atoms with E-state index in [2.05, 4.69) is 60.7 Å². The van der Waals surface area contributed by atoms with E-state index >= 15 is 0 Å². The fraction of sp³-hybridized carbons (Fsp3) is 0.250. The number of hydrogen-bond donors (Lipinski definition) is 1. The van der Waals surface area contributed by atoms with Crippen molar-refractivity contribution in [3.8, 4) is 0 Å². The average molecular weight is 456 g/mol. The zero-order chi connectivity index (χ0) is 18.9. The molecule has 0 saturated carbocycles. The summed E-state index contributed by atoms with van der Waals surface area (Å²) in [6.07, 6.45) is 5.96. The molecule has 1 saturated heterocycles. The Bertz CT molecular complexity index is 1140. The molecule has 1 fully saturated rings. The van der Waals surface area contributed by atoms with Crippen molar-refractivity contribution in [2.75, 3.05) is 18.5 Å². The highest BCUT2D eigenvalue weighted by Crippen LogP contribution is 2.30. The maximum Gasteiger partial charge on any atom is 0.200 e. The summed E-state index contributed by atoms with van der Waals surface area (Å²) < 4.78 is 8.42. The van der Waals surface area contributed by atoms with E-state index in [0.29, 0.717) is 6.04 Å². The normalized spacial score (nSPS) is 15.3. The van der Waals surface area contributed by atoms with Crippen molar-refractivity contribution in [1.29, 1.82) is 0 Å². The van der Waals surface area contributed by atoms with Crippen molar-refractivity contribution in [2.45, 2.75) is 28.9 Å². The van der Waals surface area contributed by atoms with Gasteiger partial charge in [-0.3, -0.25) is 9.38 Å². The van der Waals surface area contributed by atoms with E-state index in [4.69, 9.17) is 4.74 Å². The first-order valence-corrected chi connectivity index (χ1v) is 10.8. The first-order chi connectivity index (χ1) is 13.7. The number of nitrogens with zero attached hydrogens (tertiary/aromatic N) is 4. The molecule has 1 aliphatic heterocycles. The molecule has 8 heteroatoms. The number of ether oxygens (including phenoxy) is 1. The van der Waals surface area contributed by atoms with Crippen LogP contribution in [0.4, 0.5) is 5.69 Å². The second-order valence-electron chi connectivity index (χ2n) is 6.77. The zero-order valence-corrected chi connectivity index (χ0v) is 17.4. The smallest absolute Gasteiger partial charge is 0.200 e. The fourth-order valence-corrected chi connectivity index (χ4v) is 4.54. The summed E-state index contributed by atoms with van der Waals surface area (Å²) in [4.78, 5) is 5.71. The van der Waals surface area contributed by atoms with Crippen LogP contribution < -0.4 is 5.32 Å². The Morgan fingerprint density at radius 1 is 1.11 bits per heavy atom. The monoisotopic (exact) mass is 455 g/mol. The molecular weight excluding hydrogens is 438 g/mol. The third-order valence-corrected chi connectivity index (χ3v) is 6.21. The molecule has 1 N–H and O–H groups in total. The number of anilines is 1. The Morgan fingerprint density at radius 2 is 2.00 bits per heavy atom. The second-order valence-corrected chi connectivity index (χ2v) is 8.73. The summed E-state index contributed by atoms with van der Waals surface area (Å²) in [6, 6.07) is 12.8. The highest BCUT2D eigenvalue weighted by atomic mass is 79.9. The summed E-state index contributed by atoms with van der Waals surface area (Å²) in [5.74, 6) is 0. The molecule has 0 spiro atoms. The Kier molecular flexibility index (Phi) is 4.92. The van der Waals surface area contributed by atoms with E-state index in [1.807, 2.05) is 28.9 Å². The van der Waals surface area contributed by atoms with Gasteiger partial charge in [-0.2, -0.15) is 0 Å². The minimum atomic E-state index is 0.450. The fourth-order valence-electron chi connectivity index (χ4n) is 3.35. The van der Waals surface area contributed by atoms with Crippen LogP contribution in [0.15, 0.2) is 63.3 Å². The maximum atomic E-state index is 5.44. The first kappa shape index (κ1) is 17.9. The molecule has 4 aromatic rings. The van der Waals surface area contributed by atoms with Gasteiger partial charge in [0.05, 0.1) is 17.4 Å². The van der Waals surface area contributed by atoms with Gasteiger partial charge in [0.2, 0.25) is 0 Å². The standard InChI is InChI=1S/C20H18BrN5OS/c21-14-1-4-19-24-25-20(26(19)12-14)28-17-2-3-18-13(10-17)9-16(11-22-18)23-15-5-7-27-8-6-15/h1-4,9-12,15,23H,5-8H2. The summed E-state index contributed by atoms with van der Waals surface area (Å²) in [7, 11) is 0. The van der Waals surface area contributed by atoms with E-state index in [1.165, 1.54) is 0 Å². The van der Waals surface area contributed by atoms with Crippen LogP contribution in [0.25, 0.3) is 16.6 Å². The zero-order valence-electron chi connectivity index (χ0n) is 15.0. The lowest BCUT2D eigenvalue weighted by molar-refractivity contribution is 0.0904. The van der Waals surface area contributed by atoms with Gasteiger partial charge < -0.3 is 10.1 Å². The quantitative estimate of drug-likeness (QED) is 0.477. The minimum absolute atomic E-state index is 0.450. The Morgan fingerprint density at radius 3 is 2.89 bits per heavy atom. The molecule has 142 valence electrons. The molecule has 0 atom stereocenters. The van der Waals surface area contributed by atoms with Gasteiger partial charge in [-0.05, 0) is 76.9 Å². The molecule has 1 aromatic carbocycles. The van der Waals surface area contributed by atoms with Crippen LogP contribution >= 0.6 is 27.7 Å². The van der Waals surface area contributed by atoms with Crippen LogP contribution in [0.1, 0.15) is 12.8 Å². The molecule has 28 heavy (non-hydrogen) atoms. The number of rotatable bonds is 4. The number of nitrogens with one attached hydrogen (secondary N) is 1. The molecule has 0 radical (unpaired) electrons. The third-order valence-electron chi connectivity index (χ3n) is 4.79. The van der Waals surface area contributed by atoms with E-state index in [1.54, 1.807) is 11.8 Å². The molecule has 6 nitrogen and oxygen atoms in total. The molecule has 3 aromatic heterocycles. The topological polar surface area (TPSA) is 64.3 Å². The van der Waals surface area contributed by atoms with Crippen molar-refractivity contribution in [2.24, 2.45) is 0 Å². The van der Waals surface area contributed by atoms with E-state index < -0.39 is 0 Å². The lowest BCUT2D eigenvalue weighted by atomic mass is 10.1. The molecule has 0 unspecified atom stereocenters. The molecule has 0 amide bonds. The largest absolute Gasteiger partial charge is 0.381 e. The molecule has 0 aliphatic carbocycles. The molecule has 4 heterocycles. The van der Waals surface area contributed by atoms with Gasteiger partial charge in [-0.1, -0.05) is 0 Å². The van der Waals surface area contributed by atoms with Crippen LogP contribution in [0.3, 0.4) is 0 Å². The Labute approximate surface area is 174 Å². The Balaban J connectivity index is 1.42. The number of hydrogen-bond acceptors (Lipinski definition) is 6. The first-order valence-electron chi connectivity index (χ1n) is 9.17. The van der Waals surface area contributed by atoms with Crippen molar-refractivity contribution >= 4 is 49.9 Å².